The van der Waals surface area contributed by atoms with Gasteiger partial charge in [0.1, 0.15) is 0 Å². The highest BCUT2D eigenvalue weighted by Crippen LogP contribution is 2.19. The lowest BCUT2D eigenvalue weighted by Gasteiger charge is -2.36. The molecule has 1 saturated heterocycles. The van der Waals surface area contributed by atoms with Crippen LogP contribution in [0.3, 0.4) is 0 Å². The third-order valence-electron chi connectivity index (χ3n) is 4.02. The van der Waals surface area contributed by atoms with Crippen LogP contribution in [0.4, 0.5) is 11.4 Å². The van der Waals surface area contributed by atoms with Crippen LogP contribution in [0.25, 0.3) is 0 Å². The van der Waals surface area contributed by atoms with Gasteiger partial charge in [-0.25, -0.2) is 8.42 Å². The maximum Gasteiger partial charge on any atom is 0.153 e. The van der Waals surface area contributed by atoms with Gasteiger partial charge in [-0.15, -0.1) is 0 Å². The first-order valence-electron chi connectivity index (χ1n) is 7.43. The number of rotatable bonds is 5. The summed E-state index contributed by atoms with van der Waals surface area (Å²) in [5.41, 5.74) is 7.73. The lowest BCUT2D eigenvalue weighted by molar-refractivity contribution is 0.272. The third-order valence-corrected chi connectivity index (χ3v) is 6.21. The van der Waals surface area contributed by atoms with Crippen molar-refractivity contribution in [2.75, 3.05) is 49.1 Å². The van der Waals surface area contributed by atoms with Crippen molar-refractivity contribution in [2.45, 2.75) is 19.1 Å². The summed E-state index contributed by atoms with van der Waals surface area (Å²) in [6.45, 7) is 7.71. The highest BCUT2D eigenvalue weighted by molar-refractivity contribution is 7.92. The molecule has 0 bridgehead atoms. The highest BCUT2D eigenvalue weighted by atomic mass is 32.2. The minimum atomic E-state index is -2.94. The summed E-state index contributed by atoms with van der Waals surface area (Å²) in [5.74, 6) is 0.253. The lowest BCUT2D eigenvalue weighted by atomic mass is 10.2. The highest BCUT2D eigenvalue weighted by Gasteiger charge is 2.21. The third kappa shape index (κ3) is 4.35. The molecule has 0 saturated carbocycles. The number of nitrogens with zero attached hydrogens (tertiary/aromatic N) is 2. The summed E-state index contributed by atoms with van der Waals surface area (Å²) in [7, 11) is -2.94. The first-order chi connectivity index (χ1) is 9.88. The summed E-state index contributed by atoms with van der Waals surface area (Å²) in [6, 6.07) is 7.90. The number of sulfone groups is 1. The molecule has 0 radical (unpaired) electrons. The van der Waals surface area contributed by atoms with Crippen LogP contribution in [0.15, 0.2) is 24.3 Å². The quantitative estimate of drug-likeness (QED) is 0.828. The summed E-state index contributed by atoms with van der Waals surface area (Å²) in [4.78, 5) is 4.52. The number of anilines is 2. The molecule has 0 unspecified atom stereocenters. The van der Waals surface area contributed by atoms with Gasteiger partial charge in [0.25, 0.3) is 0 Å². The molecule has 118 valence electrons. The smallest absolute Gasteiger partial charge is 0.153 e. The van der Waals surface area contributed by atoms with E-state index in [2.05, 4.69) is 15.9 Å². The van der Waals surface area contributed by atoms with Crippen LogP contribution in [0.5, 0.6) is 0 Å². The van der Waals surface area contributed by atoms with Gasteiger partial charge in [0.15, 0.2) is 9.84 Å². The molecule has 1 heterocycles. The standard InChI is InChI=1S/C15H25N3O2S/c1-13(2)21(19,20)11-10-17-6-8-18(9-7-17)15-5-3-4-14(16)12-15/h3-5,12-13H,6-11,16H2,1-2H3. The average molecular weight is 311 g/mol. The zero-order valence-corrected chi connectivity index (χ0v) is 13.6. The second-order valence-electron chi connectivity index (χ2n) is 5.84. The van der Waals surface area contributed by atoms with E-state index in [4.69, 9.17) is 5.73 Å². The fraction of sp³-hybridized carbons (Fsp3) is 0.600. The van der Waals surface area contributed by atoms with E-state index in [9.17, 15) is 8.42 Å². The minimum absolute atomic E-state index is 0.253. The van der Waals surface area contributed by atoms with Crippen molar-refractivity contribution >= 4 is 21.2 Å². The van der Waals surface area contributed by atoms with E-state index in [-0.39, 0.29) is 11.0 Å². The Kier molecular flexibility index (Phi) is 5.11. The monoisotopic (exact) mass is 311 g/mol. The Balaban J connectivity index is 1.84. The van der Waals surface area contributed by atoms with Crippen molar-refractivity contribution in [1.29, 1.82) is 0 Å². The van der Waals surface area contributed by atoms with Crippen LogP contribution in [0, 0.1) is 0 Å². The van der Waals surface area contributed by atoms with Crippen molar-refractivity contribution in [3.8, 4) is 0 Å². The molecule has 1 fully saturated rings. The fourth-order valence-corrected chi connectivity index (χ4v) is 3.43. The molecule has 5 nitrogen and oxygen atoms in total. The van der Waals surface area contributed by atoms with Crippen LogP contribution < -0.4 is 10.6 Å². The second-order valence-corrected chi connectivity index (χ2v) is 8.52. The van der Waals surface area contributed by atoms with Gasteiger partial charge < -0.3 is 10.6 Å². The van der Waals surface area contributed by atoms with E-state index in [1.165, 1.54) is 0 Å². The molecule has 0 amide bonds. The summed E-state index contributed by atoms with van der Waals surface area (Å²) < 4.78 is 23.7. The van der Waals surface area contributed by atoms with Crippen molar-refractivity contribution < 1.29 is 8.42 Å². The zero-order chi connectivity index (χ0) is 15.5. The van der Waals surface area contributed by atoms with Crippen molar-refractivity contribution in [3.05, 3.63) is 24.3 Å². The topological polar surface area (TPSA) is 66.6 Å². The van der Waals surface area contributed by atoms with E-state index in [1.54, 1.807) is 13.8 Å². The Hall–Kier alpha value is -1.27. The predicted molar refractivity (Wildman–Crippen MR) is 88.4 cm³/mol. The van der Waals surface area contributed by atoms with Crippen LogP contribution in [0.1, 0.15) is 13.8 Å². The largest absolute Gasteiger partial charge is 0.399 e. The van der Waals surface area contributed by atoms with Crippen molar-refractivity contribution in [2.24, 2.45) is 0 Å². The summed E-state index contributed by atoms with van der Waals surface area (Å²) in [6.07, 6.45) is 0. The molecule has 0 aliphatic carbocycles. The van der Waals surface area contributed by atoms with Gasteiger partial charge in [-0.05, 0) is 32.0 Å². The molecule has 0 aromatic heterocycles. The molecular formula is C15H25N3O2S. The SMILES string of the molecule is CC(C)S(=O)(=O)CCN1CCN(c2cccc(N)c2)CC1. The van der Waals surface area contributed by atoms with Gasteiger partial charge in [-0.2, -0.15) is 0 Å². The van der Waals surface area contributed by atoms with Gasteiger partial charge in [0.2, 0.25) is 0 Å². The second kappa shape index (κ2) is 6.66. The molecular weight excluding hydrogens is 286 g/mol. The fourth-order valence-electron chi connectivity index (χ4n) is 2.44. The molecule has 6 heteroatoms. The number of nitrogen functional groups attached to an aromatic ring is 1. The van der Waals surface area contributed by atoms with Crippen molar-refractivity contribution in [1.82, 2.24) is 4.90 Å². The molecule has 1 aliphatic rings. The van der Waals surface area contributed by atoms with E-state index in [1.807, 2.05) is 18.2 Å². The van der Waals surface area contributed by atoms with Gasteiger partial charge in [-0.1, -0.05) is 6.07 Å². The van der Waals surface area contributed by atoms with Crippen LogP contribution in [-0.2, 0) is 9.84 Å². The van der Waals surface area contributed by atoms with E-state index in [0.717, 1.165) is 37.6 Å². The number of hydrogen-bond acceptors (Lipinski definition) is 5. The molecule has 2 N–H and O–H groups in total. The molecule has 0 spiro atoms. The normalized spacial score (nSPS) is 17.4. The molecule has 1 aliphatic heterocycles. The Morgan fingerprint density at radius 1 is 1.19 bits per heavy atom. The lowest BCUT2D eigenvalue weighted by Crippen LogP contribution is -2.47. The van der Waals surface area contributed by atoms with Gasteiger partial charge in [0.05, 0.1) is 11.0 Å². The molecule has 21 heavy (non-hydrogen) atoms. The average Bonchev–Trinajstić information content (AvgIpc) is 2.45. The number of hydrogen-bond donors (Lipinski definition) is 1. The maximum absolute atomic E-state index is 11.8. The Labute approximate surface area is 127 Å². The molecule has 0 atom stereocenters. The Bertz CT molecular complexity index is 564. The van der Waals surface area contributed by atoms with E-state index in [0.29, 0.717) is 6.54 Å². The number of nitrogens with two attached hydrogens (primary N) is 1. The predicted octanol–water partition coefficient (Wildman–Crippen LogP) is 1.21. The van der Waals surface area contributed by atoms with Crippen LogP contribution in [-0.4, -0.2) is 57.0 Å². The first kappa shape index (κ1) is 16.1. The molecule has 1 aromatic rings. The van der Waals surface area contributed by atoms with Crippen LogP contribution in [0.2, 0.25) is 0 Å². The molecule has 2 rings (SSSR count). The Morgan fingerprint density at radius 2 is 1.86 bits per heavy atom. The number of piperazine rings is 1. The first-order valence-corrected chi connectivity index (χ1v) is 9.14. The van der Waals surface area contributed by atoms with E-state index >= 15 is 0 Å². The van der Waals surface area contributed by atoms with Gasteiger partial charge in [0, 0.05) is 44.1 Å². The van der Waals surface area contributed by atoms with Crippen LogP contribution >= 0.6 is 0 Å². The number of benzene rings is 1. The zero-order valence-electron chi connectivity index (χ0n) is 12.8. The summed E-state index contributed by atoms with van der Waals surface area (Å²) in [5, 5.41) is -0.286. The van der Waals surface area contributed by atoms with Gasteiger partial charge >= 0.3 is 0 Å². The summed E-state index contributed by atoms with van der Waals surface area (Å²) >= 11 is 0. The minimum Gasteiger partial charge on any atom is -0.399 e. The van der Waals surface area contributed by atoms with Gasteiger partial charge in [-0.3, -0.25) is 4.90 Å². The van der Waals surface area contributed by atoms with E-state index < -0.39 is 9.84 Å². The Morgan fingerprint density at radius 3 is 2.43 bits per heavy atom. The maximum atomic E-state index is 11.8. The van der Waals surface area contributed by atoms with Crippen molar-refractivity contribution in [3.63, 3.8) is 0 Å². The molecule has 1 aromatic carbocycles.